The Labute approximate surface area is 137 Å². The van der Waals surface area contributed by atoms with Gasteiger partial charge in [0.1, 0.15) is 0 Å². The van der Waals surface area contributed by atoms with E-state index in [0.717, 1.165) is 31.3 Å². The molecule has 1 aromatic heterocycles. The second-order valence-corrected chi connectivity index (χ2v) is 7.63. The van der Waals surface area contributed by atoms with Crippen molar-refractivity contribution in [2.24, 2.45) is 0 Å². The maximum atomic E-state index is 11.9. The summed E-state index contributed by atoms with van der Waals surface area (Å²) in [5, 5.41) is 2.80. The van der Waals surface area contributed by atoms with Crippen LogP contribution >= 0.6 is 0 Å². The fourth-order valence-corrected chi connectivity index (χ4v) is 3.21. The van der Waals surface area contributed by atoms with Crippen molar-refractivity contribution in [1.82, 2.24) is 14.6 Å². The third-order valence-corrected chi connectivity index (χ3v) is 4.94. The summed E-state index contributed by atoms with van der Waals surface area (Å²) >= 11 is 0. The Morgan fingerprint density at radius 2 is 2.35 bits per heavy atom. The molecule has 0 saturated carbocycles. The van der Waals surface area contributed by atoms with Gasteiger partial charge in [-0.2, -0.15) is 4.31 Å². The minimum absolute atomic E-state index is 0.0837. The molecule has 2 heterocycles. The zero-order chi connectivity index (χ0) is 16.7. The van der Waals surface area contributed by atoms with E-state index in [-0.39, 0.29) is 31.5 Å². The summed E-state index contributed by atoms with van der Waals surface area (Å²) in [5.74, 6) is -0.166. The van der Waals surface area contributed by atoms with E-state index in [1.165, 1.54) is 4.31 Å². The van der Waals surface area contributed by atoms with Crippen molar-refractivity contribution in [3.8, 4) is 0 Å². The van der Waals surface area contributed by atoms with Crippen molar-refractivity contribution < 1.29 is 17.9 Å². The maximum Gasteiger partial charge on any atom is 0.221 e. The van der Waals surface area contributed by atoms with Gasteiger partial charge in [-0.05, 0) is 24.5 Å². The number of nitrogens with zero attached hydrogens (tertiary/aromatic N) is 2. The topological polar surface area (TPSA) is 88.6 Å². The van der Waals surface area contributed by atoms with Crippen LogP contribution in [0.4, 0.5) is 0 Å². The predicted molar refractivity (Wildman–Crippen MR) is 86.1 cm³/mol. The fourth-order valence-electron chi connectivity index (χ4n) is 2.41. The Kier molecular flexibility index (Phi) is 6.49. The molecule has 1 unspecified atom stereocenters. The van der Waals surface area contributed by atoms with E-state index < -0.39 is 10.0 Å². The second-order valence-electron chi connectivity index (χ2n) is 5.65. The molecule has 23 heavy (non-hydrogen) atoms. The number of hydrogen-bond donors (Lipinski definition) is 1. The minimum atomic E-state index is -3.39. The van der Waals surface area contributed by atoms with E-state index >= 15 is 0 Å². The average molecular weight is 341 g/mol. The molecule has 1 amide bonds. The van der Waals surface area contributed by atoms with Crippen LogP contribution in [0.15, 0.2) is 24.5 Å². The first kappa shape index (κ1) is 17.8. The Morgan fingerprint density at radius 1 is 1.52 bits per heavy atom. The Bertz CT molecular complexity index is 600. The van der Waals surface area contributed by atoms with Gasteiger partial charge in [0.05, 0.1) is 12.4 Å². The van der Waals surface area contributed by atoms with Crippen LogP contribution < -0.4 is 5.32 Å². The van der Waals surface area contributed by atoms with E-state index in [0.29, 0.717) is 6.54 Å². The molecule has 0 bridgehead atoms. The molecule has 0 radical (unpaired) electrons. The Morgan fingerprint density at radius 3 is 2.96 bits per heavy atom. The number of pyridine rings is 1. The van der Waals surface area contributed by atoms with Gasteiger partial charge in [0, 0.05) is 45.1 Å². The number of rotatable bonds is 8. The molecule has 0 aliphatic carbocycles. The van der Waals surface area contributed by atoms with Crippen LogP contribution in [-0.4, -0.2) is 55.7 Å². The van der Waals surface area contributed by atoms with Crippen molar-refractivity contribution in [3.05, 3.63) is 30.1 Å². The lowest BCUT2D eigenvalue weighted by molar-refractivity contribution is -0.121. The van der Waals surface area contributed by atoms with Crippen LogP contribution in [0.3, 0.4) is 0 Å². The number of carbonyl (C=O) groups is 1. The van der Waals surface area contributed by atoms with Gasteiger partial charge in [-0.1, -0.05) is 6.07 Å². The highest BCUT2D eigenvalue weighted by molar-refractivity contribution is 7.88. The van der Waals surface area contributed by atoms with Gasteiger partial charge < -0.3 is 10.1 Å². The van der Waals surface area contributed by atoms with E-state index in [4.69, 9.17) is 4.74 Å². The molecule has 1 N–H and O–H groups in total. The predicted octanol–water partition coefficient (Wildman–Crippen LogP) is 0.529. The summed E-state index contributed by atoms with van der Waals surface area (Å²) < 4.78 is 30.5. The molecule has 1 saturated heterocycles. The Balaban J connectivity index is 1.82. The largest absolute Gasteiger partial charge is 0.376 e. The second kappa shape index (κ2) is 8.37. The highest BCUT2D eigenvalue weighted by Gasteiger charge is 2.20. The minimum Gasteiger partial charge on any atom is -0.376 e. The standard InChI is InChI=1S/C15H23N3O4S/c1-23(20,21)18(12-13-4-2-7-16-10-13)8-6-15(19)17-11-14-5-3-9-22-14/h2,4,7,10,14H,3,5-6,8-9,11-12H2,1H3,(H,17,19). The number of sulfonamides is 1. The third-order valence-electron chi connectivity index (χ3n) is 3.69. The fraction of sp³-hybridized carbons (Fsp3) is 0.600. The van der Waals surface area contributed by atoms with Gasteiger partial charge in [-0.25, -0.2) is 8.42 Å². The molecule has 1 aliphatic rings. The van der Waals surface area contributed by atoms with Crippen LogP contribution in [-0.2, 0) is 26.1 Å². The number of nitrogens with one attached hydrogen (secondary N) is 1. The molecule has 7 nitrogen and oxygen atoms in total. The smallest absolute Gasteiger partial charge is 0.221 e. The third kappa shape index (κ3) is 6.25. The lowest BCUT2D eigenvalue weighted by atomic mass is 10.2. The number of amides is 1. The van der Waals surface area contributed by atoms with Gasteiger partial charge in [0.2, 0.25) is 15.9 Å². The Hall–Kier alpha value is -1.51. The molecule has 1 aliphatic heterocycles. The van der Waals surface area contributed by atoms with Crippen molar-refractivity contribution in [1.29, 1.82) is 0 Å². The summed E-state index contributed by atoms with van der Waals surface area (Å²) in [6, 6.07) is 3.56. The molecule has 0 aromatic carbocycles. The zero-order valence-corrected chi connectivity index (χ0v) is 14.1. The summed E-state index contributed by atoms with van der Waals surface area (Å²) in [6.07, 6.45) is 6.58. The van der Waals surface area contributed by atoms with Crippen molar-refractivity contribution in [3.63, 3.8) is 0 Å². The van der Waals surface area contributed by atoms with E-state index in [1.54, 1.807) is 18.5 Å². The molecule has 1 aromatic rings. The number of carbonyl (C=O) groups excluding carboxylic acids is 1. The quantitative estimate of drug-likeness (QED) is 0.745. The molecule has 1 atom stereocenters. The molecule has 8 heteroatoms. The van der Waals surface area contributed by atoms with E-state index in [2.05, 4.69) is 10.3 Å². The van der Waals surface area contributed by atoms with Gasteiger partial charge >= 0.3 is 0 Å². The monoisotopic (exact) mass is 341 g/mol. The maximum absolute atomic E-state index is 11.9. The number of ether oxygens (including phenoxy) is 1. The highest BCUT2D eigenvalue weighted by atomic mass is 32.2. The van der Waals surface area contributed by atoms with Gasteiger partial charge in [0.25, 0.3) is 0 Å². The van der Waals surface area contributed by atoms with Crippen LogP contribution in [0.1, 0.15) is 24.8 Å². The van der Waals surface area contributed by atoms with Crippen LogP contribution in [0.25, 0.3) is 0 Å². The first-order valence-electron chi connectivity index (χ1n) is 7.67. The van der Waals surface area contributed by atoms with E-state index in [9.17, 15) is 13.2 Å². The van der Waals surface area contributed by atoms with Crippen molar-refractivity contribution >= 4 is 15.9 Å². The van der Waals surface area contributed by atoms with Gasteiger partial charge in [0.15, 0.2) is 0 Å². The lowest BCUT2D eigenvalue weighted by Crippen LogP contribution is -2.36. The first-order chi connectivity index (χ1) is 10.9. The normalized spacial score (nSPS) is 18.3. The highest BCUT2D eigenvalue weighted by Crippen LogP contribution is 2.11. The molecule has 1 fully saturated rings. The summed E-state index contributed by atoms with van der Waals surface area (Å²) in [5.41, 5.74) is 0.790. The molecular formula is C15H23N3O4S. The van der Waals surface area contributed by atoms with Crippen LogP contribution in [0, 0.1) is 0 Å². The molecule has 128 valence electrons. The van der Waals surface area contributed by atoms with Crippen LogP contribution in [0.2, 0.25) is 0 Å². The summed E-state index contributed by atoms with van der Waals surface area (Å²) in [4.78, 5) is 15.9. The average Bonchev–Trinajstić information content (AvgIpc) is 3.02. The summed E-state index contributed by atoms with van der Waals surface area (Å²) in [7, 11) is -3.39. The number of hydrogen-bond acceptors (Lipinski definition) is 5. The number of aromatic nitrogens is 1. The summed E-state index contributed by atoms with van der Waals surface area (Å²) in [6.45, 7) is 1.59. The molecular weight excluding hydrogens is 318 g/mol. The van der Waals surface area contributed by atoms with Gasteiger partial charge in [-0.3, -0.25) is 9.78 Å². The SMILES string of the molecule is CS(=O)(=O)N(CCC(=O)NCC1CCCO1)Cc1cccnc1. The molecule has 2 rings (SSSR count). The first-order valence-corrected chi connectivity index (χ1v) is 9.52. The van der Waals surface area contributed by atoms with Crippen LogP contribution in [0.5, 0.6) is 0 Å². The van der Waals surface area contributed by atoms with Crippen molar-refractivity contribution in [2.75, 3.05) is 26.0 Å². The molecule has 0 spiro atoms. The van der Waals surface area contributed by atoms with Gasteiger partial charge in [-0.15, -0.1) is 0 Å². The van der Waals surface area contributed by atoms with Crippen molar-refractivity contribution in [2.45, 2.75) is 31.9 Å². The zero-order valence-electron chi connectivity index (χ0n) is 13.3. The lowest BCUT2D eigenvalue weighted by Gasteiger charge is -2.20. The van der Waals surface area contributed by atoms with E-state index in [1.807, 2.05) is 6.07 Å².